The Labute approximate surface area is 128 Å². The predicted molar refractivity (Wildman–Crippen MR) is 84.1 cm³/mol. The van der Waals surface area contributed by atoms with Gasteiger partial charge in [-0.1, -0.05) is 19.1 Å². The van der Waals surface area contributed by atoms with E-state index in [0.717, 1.165) is 17.0 Å². The molecule has 1 heterocycles. The van der Waals surface area contributed by atoms with Crippen molar-refractivity contribution >= 4 is 17.3 Å². The summed E-state index contributed by atoms with van der Waals surface area (Å²) in [5.41, 5.74) is 1.56. The lowest BCUT2D eigenvalue weighted by atomic mass is 10.0. The molecule has 2 N–H and O–H groups in total. The molecule has 5 heteroatoms. The van der Waals surface area contributed by atoms with E-state index in [2.05, 4.69) is 24.4 Å². The molecule has 112 valence electrons. The maximum atomic E-state index is 10.9. The molecule has 2 rings (SSSR count). The Kier molecular flexibility index (Phi) is 5.36. The van der Waals surface area contributed by atoms with Crippen molar-refractivity contribution in [3.63, 3.8) is 0 Å². The van der Waals surface area contributed by atoms with E-state index in [-0.39, 0.29) is 6.04 Å². The molecule has 0 amide bonds. The van der Waals surface area contributed by atoms with Crippen molar-refractivity contribution in [3.05, 3.63) is 51.7 Å². The van der Waals surface area contributed by atoms with Gasteiger partial charge >= 0.3 is 5.97 Å². The van der Waals surface area contributed by atoms with Crippen LogP contribution in [0.5, 0.6) is 5.75 Å². The van der Waals surface area contributed by atoms with Crippen molar-refractivity contribution in [3.8, 4) is 5.75 Å². The Morgan fingerprint density at radius 3 is 2.62 bits per heavy atom. The summed E-state index contributed by atoms with van der Waals surface area (Å²) < 4.78 is 5.16. The van der Waals surface area contributed by atoms with Gasteiger partial charge in [0.2, 0.25) is 0 Å². The zero-order valence-corrected chi connectivity index (χ0v) is 12.9. The molecule has 0 radical (unpaired) electrons. The molecule has 0 spiro atoms. The van der Waals surface area contributed by atoms with Gasteiger partial charge in [-0.2, -0.15) is 0 Å². The van der Waals surface area contributed by atoms with Crippen LogP contribution in [0, 0.1) is 0 Å². The van der Waals surface area contributed by atoms with E-state index in [1.165, 1.54) is 16.9 Å². The van der Waals surface area contributed by atoms with Crippen LogP contribution >= 0.6 is 11.3 Å². The first-order valence-corrected chi connectivity index (χ1v) is 7.70. The fourth-order valence-electron chi connectivity index (χ4n) is 2.14. The predicted octanol–water partition coefficient (Wildman–Crippen LogP) is 3.70. The number of carbonyl (C=O) groups is 1. The van der Waals surface area contributed by atoms with E-state index < -0.39 is 5.97 Å². The van der Waals surface area contributed by atoms with Gasteiger partial charge < -0.3 is 15.2 Å². The molecule has 0 saturated carbocycles. The molecule has 0 saturated heterocycles. The Morgan fingerprint density at radius 1 is 1.38 bits per heavy atom. The molecule has 0 aliphatic rings. The van der Waals surface area contributed by atoms with Crippen LogP contribution in [-0.2, 0) is 6.54 Å². The summed E-state index contributed by atoms with van der Waals surface area (Å²) in [6.45, 7) is 2.79. The molecule has 0 fully saturated rings. The first kappa shape index (κ1) is 15.5. The van der Waals surface area contributed by atoms with Crippen molar-refractivity contribution < 1.29 is 14.6 Å². The Bertz CT molecular complexity index is 592. The number of nitrogens with one attached hydrogen (secondary N) is 1. The molecular formula is C16H19NO3S. The number of ether oxygens (including phenoxy) is 1. The van der Waals surface area contributed by atoms with Crippen LogP contribution in [0.15, 0.2) is 35.7 Å². The summed E-state index contributed by atoms with van der Waals surface area (Å²) in [5, 5.41) is 14.1. The van der Waals surface area contributed by atoms with E-state index in [0.29, 0.717) is 12.1 Å². The summed E-state index contributed by atoms with van der Waals surface area (Å²) >= 11 is 1.47. The smallest absolute Gasteiger partial charge is 0.336 e. The third-order valence-corrected chi connectivity index (χ3v) is 4.29. The van der Waals surface area contributed by atoms with Gasteiger partial charge in [0.1, 0.15) is 5.75 Å². The monoisotopic (exact) mass is 305 g/mol. The van der Waals surface area contributed by atoms with Gasteiger partial charge in [-0.25, -0.2) is 4.79 Å². The van der Waals surface area contributed by atoms with Crippen molar-refractivity contribution in [1.82, 2.24) is 5.32 Å². The lowest BCUT2D eigenvalue weighted by Crippen LogP contribution is -2.19. The Balaban J connectivity index is 1.99. The number of carboxylic acid groups (broad SMARTS) is 1. The molecule has 21 heavy (non-hydrogen) atoms. The Hall–Kier alpha value is -1.85. The molecule has 1 aromatic carbocycles. The van der Waals surface area contributed by atoms with E-state index in [4.69, 9.17) is 9.84 Å². The number of benzene rings is 1. The molecule has 4 nitrogen and oxygen atoms in total. The molecule has 2 aromatic rings. The van der Waals surface area contributed by atoms with Gasteiger partial charge in [-0.05, 0) is 30.2 Å². The first-order chi connectivity index (χ1) is 10.1. The maximum Gasteiger partial charge on any atom is 0.336 e. The quantitative estimate of drug-likeness (QED) is 0.819. The molecule has 1 unspecified atom stereocenters. The van der Waals surface area contributed by atoms with Gasteiger partial charge in [0.25, 0.3) is 0 Å². The minimum absolute atomic E-state index is 0.242. The third-order valence-electron chi connectivity index (χ3n) is 3.35. The highest BCUT2D eigenvalue weighted by molar-refractivity contribution is 7.10. The second-order valence-corrected chi connectivity index (χ2v) is 5.72. The second kappa shape index (κ2) is 7.24. The van der Waals surface area contributed by atoms with E-state index in [1.807, 2.05) is 12.1 Å². The summed E-state index contributed by atoms with van der Waals surface area (Å²) in [6, 6.07) is 9.97. The number of methoxy groups -OCH3 is 1. The largest absolute Gasteiger partial charge is 0.497 e. The SMILES string of the molecule is CCC(NCc1cc(C(=O)O)cs1)c1ccc(OC)cc1. The number of rotatable bonds is 7. The van der Waals surface area contributed by atoms with Crippen LogP contribution < -0.4 is 10.1 Å². The molecule has 1 atom stereocenters. The summed E-state index contributed by atoms with van der Waals surface area (Å²) in [4.78, 5) is 11.9. The average Bonchev–Trinajstić information content (AvgIpc) is 2.98. The van der Waals surface area contributed by atoms with Crippen LogP contribution in [-0.4, -0.2) is 18.2 Å². The number of hydrogen-bond acceptors (Lipinski definition) is 4. The van der Waals surface area contributed by atoms with Crippen molar-refractivity contribution in [2.45, 2.75) is 25.9 Å². The van der Waals surface area contributed by atoms with E-state index in [9.17, 15) is 4.79 Å². The van der Waals surface area contributed by atoms with Crippen LogP contribution in [0.2, 0.25) is 0 Å². The van der Waals surface area contributed by atoms with Crippen LogP contribution in [0.25, 0.3) is 0 Å². The van der Waals surface area contributed by atoms with Gasteiger partial charge in [0.15, 0.2) is 0 Å². The highest BCUT2D eigenvalue weighted by atomic mass is 32.1. The van der Waals surface area contributed by atoms with E-state index >= 15 is 0 Å². The zero-order valence-electron chi connectivity index (χ0n) is 12.1. The van der Waals surface area contributed by atoms with Crippen LogP contribution in [0.4, 0.5) is 0 Å². The minimum atomic E-state index is -0.875. The Morgan fingerprint density at radius 2 is 2.10 bits per heavy atom. The number of aromatic carboxylic acids is 1. The summed E-state index contributed by atoms with van der Waals surface area (Å²) in [7, 11) is 1.65. The minimum Gasteiger partial charge on any atom is -0.497 e. The lowest BCUT2D eigenvalue weighted by Gasteiger charge is -2.17. The normalized spacial score (nSPS) is 12.1. The molecule has 0 aliphatic carbocycles. The molecule has 0 bridgehead atoms. The zero-order chi connectivity index (χ0) is 15.2. The molecule has 0 aliphatic heterocycles. The fourth-order valence-corrected chi connectivity index (χ4v) is 2.95. The summed E-state index contributed by atoms with van der Waals surface area (Å²) in [5.74, 6) is -0.0299. The highest BCUT2D eigenvalue weighted by Gasteiger charge is 2.11. The third kappa shape index (κ3) is 4.06. The number of thiophene rings is 1. The first-order valence-electron chi connectivity index (χ1n) is 6.82. The molecule has 1 aromatic heterocycles. The van der Waals surface area contributed by atoms with Gasteiger partial charge in [-0.15, -0.1) is 11.3 Å². The van der Waals surface area contributed by atoms with Crippen molar-refractivity contribution in [1.29, 1.82) is 0 Å². The highest BCUT2D eigenvalue weighted by Crippen LogP contribution is 2.22. The topological polar surface area (TPSA) is 58.6 Å². The van der Waals surface area contributed by atoms with Gasteiger partial charge in [0, 0.05) is 22.8 Å². The number of hydrogen-bond donors (Lipinski definition) is 2. The second-order valence-electron chi connectivity index (χ2n) is 4.72. The molecular weight excluding hydrogens is 286 g/mol. The average molecular weight is 305 g/mol. The van der Waals surface area contributed by atoms with Gasteiger partial charge in [-0.3, -0.25) is 0 Å². The lowest BCUT2D eigenvalue weighted by molar-refractivity contribution is 0.0697. The van der Waals surface area contributed by atoms with Crippen molar-refractivity contribution in [2.75, 3.05) is 7.11 Å². The van der Waals surface area contributed by atoms with Crippen molar-refractivity contribution in [2.24, 2.45) is 0 Å². The standard InChI is InChI=1S/C16H19NO3S/c1-3-15(11-4-6-13(20-2)7-5-11)17-9-14-8-12(10-21-14)16(18)19/h4-8,10,15,17H,3,9H2,1-2H3,(H,18,19). The maximum absolute atomic E-state index is 10.9. The van der Waals surface area contributed by atoms with Crippen LogP contribution in [0.1, 0.15) is 40.2 Å². The van der Waals surface area contributed by atoms with Crippen LogP contribution in [0.3, 0.4) is 0 Å². The fraction of sp³-hybridized carbons (Fsp3) is 0.312. The van der Waals surface area contributed by atoms with Gasteiger partial charge in [0.05, 0.1) is 12.7 Å². The summed E-state index contributed by atoms with van der Waals surface area (Å²) in [6.07, 6.45) is 0.962. The number of carboxylic acids is 1. The van der Waals surface area contributed by atoms with E-state index in [1.54, 1.807) is 18.6 Å².